The molecule has 0 atom stereocenters. The third-order valence-electron chi connectivity index (χ3n) is 3.66. The van der Waals surface area contributed by atoms with Crippen molar-refractivity contribution < 1.29 is 9.53 Å². The maximum Gasteiger partial charge on any atom is 0.223 e. The van der Waals surface area contributed by atoms with Gasteiger partial charge in [-0.05, 0) is 35.9 Å². The molecule has 1 aliphatic rings. The van der Waals surface area contributed by atoms with E-state index in [0.29, 0.717) is 19.8 Å². The second-order valence-electron chi connectivity index (χ2n) is 5.16. The molecule has 1 amide bonds. The van der Waals surface area contributed by atoms with E-state index in [2.05, 4.69) is 27.8 Å². The molecule has 3 rings (SSSR count). The summed E-state index contributed by atoms with van der Waals surface area (Å²) in [5.74, 6) is 0.215. The summed E-state index contributed by atoms with van der Waals surface area (Å²) in [6.45, 7) is 1.91. The number of nitrogens with one attached hydrogen (secondary N) is 1. The summed E-state index contributed by atoms with van der Waals surface area (Å²) in [7, 11) is 0. The maximum atomic E-state index is 12.1. The number of amides is 1. The molecule has 1 N–H and O–H groups in total. The standard InChI is InChI=1S/C16H18N2O2S/c19-16(13-3-5-20-6-4-13)18-10-12-8-14(11-17-9-12)15-2-1-7-21-15/h1-2,7-9,11,13H,3-6,10H2,(H,18,19). The molecule has 4 nitrogen and oxygen atoms in total. The summed E-state index contributed by atoms with van der Waals surface area (Å²) in [4.78, 5) is 17.6. The third-order valence-corrected chi connectivity index (χ3v) is 4.58. The SMILES string of the molecule is O=C(NCc1cncc(-c2cccs2)c1)C1CCOCC1. The Hall–Kier alpha value is -1.72. The molecule has 0 aliphatic carbocycles. The molecule has 0 spiro atoms. The lowest BCUT2D eigenvalue weighted by Gasteiger charge is -2.21. The van der Waals surface area contributed by atoms with Crippen molar-refractivity contribution in [2.24, 2.45) is 5.92 Å². The van der Waals surface area contributed by atoms with Gasteiger partial charge < -0.3 is 10.1 Å². The van der Waals surface area contributed by atoms with E-state index in [-0.39, 0.29) is 11.8 Å². The Bertz CT molecular complexity index is 592. The van der Waals surface area contributed by atoms with E-state index < -0.39 is 0 Å². The molecule has 2 aromatic rings. The molecule has 21 heavy (non-hydrogen) atoms. The van der Waals surface area contributed by atoms with Crippen LogP contribution in [-0.4, -0.2) is 24.1 Å². The average molecular weight is 302 g/mol. The van der Waals surface area contributed by atoms with E-state index in [4.69, 9.17) is 4.74 Å². The number of nitrogens with zero attached hydrogens (tertiary/aromatic N) is 1. The lowest BCUT2D eigenvalue weighted by molar-refractivity contribution is -0.128. The topological polar surface area (TPSA) is 51.2 Å². The van der Waals surface area contributed by atoms with E-state index in [1.165, 1.54) is 4.88 Å². The van der Waals surface area contributed by atoms with Crippen LogP contribution in [0.1, 0.15) is 18.4 Å². The molecule has 0 radical (unpaired) electrons. The average Bonchev–Trinajstić information content (AvgIpc) is 3.08. The molecule has 1 fully saturated rings. The Morgan fingerprint density at radius 3 is 3.00 bits per heavy atom. The van der Waals surface area contributed by atoms with Gasteiger partial charge in [0.1, 0.15) is 0 Å². The predicted molar refractivity (Wildman–Crippen MR) is 82.9 cm³/mol. The van der Waals surface area contributed by atoms with Crippen molar-refractivity contribution in [3.63, 3.8) is 0 Å². The number of ether oxygens (including phenoxy) is 1. The van der Waals surface area contributed by atoms with Crippen LogP contribution >= 0.6 is 11.3 Å². The van der Waals surface area contributed by atoms with Gasteiger partial charge in [-0.2, -0.15) is 0 Å². The highest BCUT2D eigenvalue weighted by Crippen LogP contribution is 2.24. The van der Waals surface area contributed by atoms with Crippen LogP contribution in [0.15, 0.2) is 36.0 Å². The van der Waals surface area contributed by atoms with E-state index in [9.17, 15) is 4.79 Å². The number of hydrogen-bond donors (Lipinski definition) is 1. The highest BCUT2D eigenvalue weighted by atomic mass is 32.1. The zero-order chi connectivity index (χ0) is 14.5. The zero-order valence-corrected chi connectivity index (χ0v) is 12.6. The predicted octanol–water partition coefficient (Wildman–Crippen LogP) is 2.85. The van der Waals surface area contributed by atoms with Crippen LogP contribution in [0.2, 0.25) is 0 Å². The molecule has 3 heterocycles. The molecule has 110 valence electrons. The number of carbonyl (C=O) groups is 1. The summed E-state index contributed by atoms with van der Waals surface area (Å²) in [6, 6.07) is 6.19. The second-order valence-corrected chi connectivity index (χ2v) is 6.11. The number of thiophene rings is 1. The van der Waals surface area contributed by atoms with Crippen LogP contribution in [-0.2, 0) is 16.1 Å². The minimum atomic E-state index is 0.0900. The summed E-state index contributed by atoms with van der Waals surface area (Å²) < 4.78 is 5.28. The number of hydrogen-bond acceptors (Lipinski definition) is 4. The summed E-state index contributed by atoms with van der Waals surface area (Å²) in [6.07, 6.45) is 5.30. The Kier molecular flexibility index (Phi) is 4.62. The maximum absolute atomic E-state index is 12.1. The fourth-order valence-corrected chi connectivity index (χ4v) is 3.16. The fraction of sp³-hybridized carbons (Fsp3) is 0.375. The Morgan fingerprint density at radius 2 is 2.24 bits per heavy atom. The highest BCUT2D eigenvalue weighted by Gasteiger charge is 2.21. The molecule has 0 bridgehead atoms. The molecule has 0 aromatic carbocycles. The normalized spacial score (nSPS) is 15.8. The Morgan fingerprint density at radius 1 is 1.38 bits per heavy atom. The van der Waals surface area contributed by atoms with Gasteiger partial charge in [0.25, 0.3) is 0 Å². The lowest BCUT2D eigenvalue weighted by Crippen LogP contribution is -2.33. The molecule has 1 saturated heterocycles. The van der Waals surface area contributed by atoms with Crippen molar-refractivity contribution in [1.82, 2.24) is 10.3 Å². The highest BCUT2D eigenvalue weighted by molar-refractivity contribution is 7.13. The number of pyridine rings is 1. The van der Waals surface area contributed by atoms with Crippen molar-refractivity contribution >= 4 is 17.2 Å². The monoisotopic (exact) mass is 302 g/mol. The van der Waals surface area contributed by atoms with E-state index in [0.717, 1.165) is 24.0 Å². The smallest absolute Gasteiger partial charge is 0.223 e. The van der Waals surface area contributed by atoms with Crippen LogP contribution in [0.5, 0.6) is 0 Å². The summed E-state index contributed by atoms with van der Waals surface area (Å²) in [5, 5.41) is 5.06. The molecular weight excluding hydrogens is 284 g/mol. The Labute approximate surface area is 128 Å². The number of carbonyl (C=O) groups excluding carboxylic acids is 1. The van der Waals surface area contributed by atoms with Crippen LogP contribution in [0.3, 0.4) is 0 Å². The van der Waals surface area contributed by atoms with Gasteiger partial charge in [-0.15, -0.1) is 11.3 Å². The minimum Gasteiger partial charge on any atom is -0.381 e. The quantitative estimate of drug-likeness (QED) is 0.945. The second kappa shape index (κ2) is 6.83. The van der Waals surface area contributed by atoms with Gasteiger partial charge >= 0.3 is 0 Å². The first-order valence-corrected chi connectivity index (χ1v) is 8.04. The first-order valence-electron chi connectivity index (χ1n) is 7.16. The van der Waals surface area contributed by atoms with Crippen LogP contribution in [0.4, 0.5) is 0 Å². The van der Waals surface area contributed by atoms with Crippen molar-refractivity contribution in [3.05, 3.63) is 41.5 Å². The van der Waals surface area contributed by atoms with Gasteiger partial charge in [0.2, 0.25) is 5.91 Å². The van der Waals surface area contributed by atoms with Gasteiger partial charge in [-0.25, -0.2) is 0 Å². The molecule has 5 heteroatoms. The molecule has 2 aromatic heterocycles. The lowest BCUT2D eigenvalue weighted by atomic mass is 9.99. The van der Waals surface area contributed by atoms with E-state index in [1.807, 2.05) is 12.3 Å². The van der Waals surface area contributed by atoms with Crippen LogP contribution < -0.4 is 5.32 Å². The van der Waals surface area contributed by atoms with Gasteiger partial charge in [0.05, 0.1) is 0 Å². The molecule has 0 unspecified atom stereocenters. The first kappa shape index (κ1) is 14.2. The van der Waals surface area contributed by atoms with E-state index >= 15 is 0 Å². The summed E-state index contributed by atoms with van der Waals surface area (Å²) >= 11 is 1.69. The summed E-state index contributed by atoms with van der Waals surface area (Å²) in [5.41, 5.74) is 2.13. The largest absolute Gasteiger partial charge is 0.381 e. The molecule has 1 aliphatic heterocycles. The van der Waals surface area contributed by atoms with Crippen molar-refractivity contribution in [3.8, 4) is 10.4 Å². The third kappa shape index (κ3) is 3.68. The van der Waals surface area contributed by atoms with Crippen molar-refractivity contribution in [1.29, 1.82) is 0 Å². The van der Waals surface area contributed by atoms with Gasteiger partial charge in [-0.3, -0.25) is 9.78 Å². The van der Waals surface area contributed by atoms with Gasteiger partial charge in [-0.1, -0.05) is 6.07 Å². The number of rotatable bonds is 4. The Balaban J connectivity index is 1.60. The van der Waals surface area contributed by atoms with Crippen LogP contribution in [0.25, 0.3) is 10.4 Å². The minimum absolute atomic E-state index is 0.0900. The number of aromatic nitrogens is 1. The zero-order valence-electron chi connectivity index (χ0n) is 11.7. The van der Waals surface area contributed by atoms with Gasteiger partial charge in [0.15, 0.2) is 0 Å². The van der Waals surface area contributed by atoms with Crippen molar-refractivity contribution in [2.75, 3.05) is 13.2 Å². The van der Waals surface area contributed by atoms with Crippen molar-refractivity contribution in [2.45, 2.75) is 19.4 Å². The molecule has 0 saturated carbocycles. The first-order chi connectivity index (χ1) is 10.3. The fourth-order valence-electron chi connectivity index (χ4n) is 2.46. The molecular formula is C16H18N2O2S. The van der Waals surface area contributed by atoms with Gasteiger partial charge in [0, 0.05) is 48.5 Å². The van der Waals surface area contributed by atoms with Crippen LogP contribution in [0, 0.1) is 5.92 Å². The van der Waals surface area contributed by atoms with E-state index in [1.54, 1.807) is 17.5 Å².